The predicted molar refractivity (Wildman–Crippen MR) is 112 cm³/mol. The molecular weight excluding hydrogens is 388 g/mol. The van der Waals surface area contributed by atoms with E-state index in [9.17, 15) is 13.2 Å². The van der Waals surface area contributed by atoms with E-state index in [0.717, 1.165) is 56.3 Å². The van der Waals surface area contributed by atoms with Crippen LogP contribution in [0.1, 0.15) is 55.8 Å². The zero-order valence-corrected chi connectivity index (χ0v) is 18.0. The second-order valence-corrected chi connectivity index (χ2v) is 9.37. The molecule has 0 aliphatic heterocycles. The van der Waals surface area contributed by atoms with Crippen molar-refractivity contribution in [3.8, 4) is 0 Å². The van der Waals surface area contributed by atoms with Gasteiger partial charge in [0, 0.05) is 18.8 Å². The highest BCUT2D eigenvalue weighted by Crippen LogP contribution is 2.17. The number of aryl methyl sites for hydroxylation is 4. The van der Waals surface area contributed by atoms with Crippen molar-refractivity contribution >= 4 is 16.1 Å². The molecule has 0 bridgehead atoms. The van der Waals surface area contributed by atoms with Gasteiger partial charge in [-0.15, -0.1) is 0 Å². The number of aromatic nitrogens is 2. The highest BCUT2D eigenvalue weighted by atomic mass is 32.2. The number of hydrogen-bond acceptors (Lipinski definition) is 4. The zero-order chi connectivity index (χ0) is 20.9. The lowest BCUT2D eigenvalue weighted by Crippen LogP contribution is -2.45. The molecule has 1 fully saturated rings. The van der Waals surface area contributed by atoms with Crippen LogP contribution in [0.5, 0.6) is 0 Å². The van der Waals surface area contributed by atoms with Gasteiger partial charge in [-0.25, -0.2) is 17.9 Å². The van der Waals surface area contributed by atoms with Crippen molar-refractivity contribution in [1.82, 2.24) is 19.8 Å². The Labute approximate surface area is 172 Å². The summed E-state index contributed by atoms with van der Waals surface area (Å²) < 4.78 is 29.0. The first kappa shape index (κ1) is 21.4. The monoisotopic (exact) mass is 418 g/mol. The van der Waals surface area contributed by atoms with Crippen molar-refractivity contribution in [2.24, 2.45) is 0 Å². The summed E-state index contributed by atoms with van der Waals surface area (Å²) in [6.07, 6.45) is 8.80. The predicted octanol–water partition coefficient (Wildman–Crippen LogP) is 3.32. The first-order valence-electron chi connectivity index (χ1n) is 10.3. The molecule has 2 amide bonds. The van der Waals surface area contributed by atoms with Gasteiger partial charge < -0.3 is 5.32 Å². The topological polar surface area (TPSA) is 93.1 Å². The van der Waals surface area contributed by atoms with Gasteiger partial charge in [-0.05, 0) is 55.9 Å². The Balaban J connectivity index is 1.55. The van der Waals surface area contributed by atoms with Crippen LogP contribution in [0.25, 0.3) is 0 Å². The third-order valence-corrected chi connectivity index (χ3v) is 6.76. The van der Waals surface area contributed by atoms with Gasteiger partial charge in [-0.2, -0.15) is 5.10 Å². The van der Waals surface area contributed by atoms with E-state index in [4.69, 9.17) is 0 Å². The molecule has 1 aliphatic rings. The van der Waals surface area contributed by atoms with Crippen LogP contribution in [0.2, 0.25) is 0 Å². The van der Waals surface area contributed by atoms with Gasteiger partial charge in [-0.3, -0.25) is 4.68 Å². The summed E-state index contributed by atoms with van der Waals surface area (Å²) in [5, 5.41) is 7.31. The normalized spacial score (nSPS) is 15.2. The van der Waals surface area contributed by atoms with Crippen molar-refractivity contribution < 1.29 is 13.2 Å². The van der Waals surface area contributed by atoms with Crippen LogP contribution >= 0.6 is 0 Å². The number of nitrogens with one attached hydrogen (secondary N) is 2. The summed E-state index contributed by atoms with van der Waals surface area (Å²) in [7, 11) is -3.88. The quantitative estimate of drug-likeness (QED) is 0.721. The molecule has 29 heavy (non-hydrogen) atoms. The molecule has 0 saturated heterocycles. The third-order valence-electron chi connectivity index (χ3n) is 5.41. The number of amides is 2. The minimum absolute atomic E-state index is 0.0560. The summed E-state index contributed by atoms with van der Waals surface area (Å²) >= 11 is 0. The van der Waals surface area contributed by atoms with Gasteiger partial charge in [0.25, 0.3) is 10.0 Å². The molecule has 8 heteroatoms. The molecular formula is C21H30N4O3S. The van der Waals surface area contributed by atoms with E-state index < -0.39 is 16.1 Å². The standard InChI is InChI=1S/C21H30N4O3S/c1-3-20-16(2)15-25(23-20)14-13-17-9-11-19(12-10-17)29(27,28)24-21(26)22-18-7-5-4-6-8-18/h9-12,15,18H,3-8,13-14H2,1-2H3,(H2,22,24,26). The Morgan fingerprint density at radius 2 is 1.86 bits per heavy atom. The van der Waals surface area contributed by atoms with Gasteiger partial charge in [0.1, 0.15) is 0 Å². The van der Waals surface area contributed by atoms with Gasteiger partial charge in [-0.1, -0.05) is 38.3 Å². The lowest BCUT2D eigenvalue weighted by Gasteiger charge is -2.22. The van der Waals surface area contributed by atoms with Crippen LogP contribution in [0.4, 0.5) is 4.79 Å². The number of benzene rings is 1. The summed E-state index contributed by atoms with van der Waals surface area (Å²) in [5.74, 6) is 0. The summed E-state index contributed by atoms with van der Waals surface area (Å²) in [6.45, 7) is 4.87. The van der Waals surface area contributed by atoms with E-state index in [2.05, 4.69) is 29.0 Å². The van der Waals surface area contributed by atoms with Crippen molar-refractivity contribution in [3.63, 3.8) is 0 Å². The van der Waals surface area contributed by atoms with Crippen molar-refractivity contribution in [3.05, 3.63) is 47.3 Å². The lowest BCUT2D eigenvalue weighted by atomic mass is 9.96. The molecule has 0 unspecified atom stereocenters. The number of hydrogen-bond donors (Lipinski definition) is 2. The molecule has 2 aromatic rings. The molecule has 2 N–H and O–H groups in total. The molecule has 158 valence electrons. The van der Waals surface area contributed by atoms with E-state index in [0.29, 0.717) is 0 Å². The van der Waals surface area contributed by atoms with Crippen LogP contribution in [-0.2, 0) is 29.4 Å². The van der Waals surface area contributed by atoms with Gasteiger partial charge >= 0.3 is 6.03 Å². The van der Waals surface area contributed by atoms with Gasteiger partial charge in [0.05, 0.1) is 10.6 Å². The fraction of sp³-hybridized carbons (Fsp3) is 0.524. The molecule has 0 spiro atoms. The van der Waals surface area contributed by atoms with Crippen molar-refractivity contribution in [1.29, 1.82) is 0 Å². The fourth-order valence-electron chi connectivity index (χ4n) is 3.75. The SMILES string of the molecule is CCc1nn(CCc2ccc(S(=O)(=O)NC(=O)NC3CCCCC3)cc2)cc1C. The molecule has 0 atom stereocenters. The summed E-state index contributed by atoms with van der Waals surface area (Å²) in [5.41, 5.74) is 3.30. The molecule has 1 aromatic heterocycles. The summed E-state index contributed by atoms with van der Waals surface area (Å²) in [4.78, 5) is 12.2. The Morgan fingerprint density at radius 3 is 2.48 bits per heavy atom. The number of carbonyl (C=O) groups excluding carboxylic acids is 1. The smallest absolute Gasteiger partial charge is 0.328 e. The first-order valence-corrected chi connectivity index (χ1v) is 11.8. The Morgan fingerprint density at radius 1 is 1.17 bits per heavy atom. The Bertz CT molecular complexity index is 929. The van der Waals surface area contributed by atoms with E-state index in [1.807, 2.05) is 10.9 Å². The lowest BCUT2D eigenvalue weighted by molar-refractivity contribution is 0.237. The summed E-state index contributed by atoms with van der Waals surface area (Å²) in [6, 6.07) is 6.05. The highest BCUT2D eigenvalue weighted by molar-refractivity contribution is 7.90. The highest BCUT2D eigenvalue weighted by Gasteiger charge is 2.21. The van der Waals surface area contributed by atoms with E-state index in [1.165, 1.54) is 24.1 Å². The number of sulfonamides is 1. The maximum absolute atomic E-state index is 12.5. The largest absolute Gasteiger partial charge is 0.335 e. The van der Waals surface area contributed by atoms with Gasteiger partial charge in [0.2, 0.25) is 0 Å². The second kappa shape index (κ2) is 9.43. The molecule has 3 rings (SSSR count). The van der Waals surface area contributed by atoms with E-state index in [-0.39, 0.29) is 10.9 Å². The number of rotatable bonds is 7. The van der Waals surface area contributed by atoms with Crippen LogP contribution < -0.4 is 10.0 Å². The average Bonchev–Trinajstić information content (AvgIpc) is 3.06. The number of carbonyl (C=O) groups is 1. The molecule has 1 saturated carbocycles. The molecule has 1 aliphatic carbocycles. The maximum Gasteiger partial charge on any atom is 0.328 e. The molecule has 0 radical (unpaired) electrons. The Hall–Kier alpha value is -2.35. The average molecular weight is 419 g/mol. The van der Waals surface area contributed by atoms with Crippen LogP contribution in [-0.4, -0.2) is 30.3 Å². The number of urea groups is 1. The molecule has 7 nitrogen and oxygen atoms in total. The van der Waals surface area contributed by atoms with Crippen LogP contribution in [0.15, 0.2) is 35.4 Å². The third kappa shape index (κ3) is 5.82. The first-order chi connectivity index (χ1) is 13.9. The zero-order valence-electron chi connectivity index (χ0n) is 17.1. The Kier molecular flexibility index (Phi) is 6.95. The minimum atomic E-state index is -3.88. The van der Waals surface area contributed by atoms with E-state index >= 15 is 0 Å². The molecule has 1 aromatic carbocycles. The number of nitrogens with zero attached hydrogens (tertiary/aromatic N) is 2. The maximum atomic E-state index is 12.5. The second-order valence-electron chi connectivity index (χ2n) is 7.68. The van der Waals surface area contributed by atoms with E-state index in [1.54, 1.807) is 12.1 Å². The van der Waals surface area contributed by atoms with Crippen LogP contribution in [0, 0.1) is 6.92 Å². The van der Waals surface area contributed by atoms with Crippen LogP contribution in [0.3, 0.4) is 0 Å². The van der Waals surface area contributed by atoms with Crippen molar-refractivity contribution in [2.45, 2.75) is 76.3 Å². The van der Waals surface area contributed by atoms with Crippen molar-refractivity contribution in [2.75, 3.05) is 0 Å². The van der Waals surface area contributed by atoms with Gasteiger partial charge in [0.15, 0.2) is 0 Å². The fourth-order valence-corrected chi connectivity index (χ4v) is 4.66. The molecule has 1 heterocycles. The minimum Gasteiger partial charge on any atom is -0.335 e.